The molecular formula is C16H19NO4. The molecule has 0 spiro atoms. The first kappa shape index (κ1) is 14.1. The number of rotatable bonds is 4. The molecule has 1 aromatic carbocycles. The van der Waals surface area contributed by atoms with Crippen LogP contribution in [0.2, 0.25) is 0 Å². The number of hydrogen-bond acceptors (Lipinski definition) is 4. The Kier molecular flexibility index (Phi) is 3.94. The number of likely N-dealkylation sites (tertiary alicyclic amines) is 1. The molecule has 1 aliphatic heterocycles. The van der Waals surface area contributed by atoms with E-state index in [2.05, 4.69) is 4.90 Å². The number of piperidine rings is 1. The number of carbonyl (C=O) groups is 1. The van der Waals surface area contributed by atoms with E-state index in [1.54, 1.807) is 12.1 Å². The molecule has 21 heavy (non-hydrogen) atoms. The summed E-state index contributed by atoms with van der Waals surface area (Å²) in [4.78, 5) is 13.7. The highest BCUT2D eigenvalue weighted by Crippen LogP contribution is 2.28. The summed E-state index contributed by atoms with van der Waals surface area (Å²) in [5.41, 5.74) is 0.843. The van der Waals surface area contributed by atoms with Gasteiger partial charge in [0.05, 0.1) is 13.2 Å². The minimum atomic E-state index is -0.965. The zero-order valence-corrected chi connectivity index (χ0v) is 11.8. The number of aliphatic hydroxyl groups is 1. The van der Waals surface area contributed by atoms with Crippen molar-refractivity contribution in [2.24, 2.45) is 0 Å². The van der Waals surface area contributed by atoms with Crippen LogP contribution in [-0.4, -0.2) is 40.3 Å². The quantitative estimate of drug-likeness (QED) is 0.904. The highest BCUT2D eigenvalue weighted by Gasteiger charge is 2.26. The number of furan rings is 1. The Morgan fingerprint density at radius 1 is 1.33 bits per heavy atom. The molecule has 3 rings (SSSR count). The highest BCUT2D eigenvalue weighted by atomic mass is 16.4. The van der Waals surface area contributed by atoms with Gasteiger partial charge in [-0.15, -0.1) is 0 Å². The Labute approximate surface area is 122 Å². The number of nitrogens with zero attached hydrogens (tertiary/aromatic N) is 1. The third kappa shape index (κ3) is 2.66. The van der Waals surface area contributed by atoms with Crippen LogP contribution in [0.1, 0.15) is 35.4 Å². The molecule has 5 nitrogen and oxygen atoms in total. The number of benzene rings is 1. The first-order chi connectivity index (χ1) is 10.2. The fraction of sp³-hybridized carbons (Fsp3) is 0.438. The molecular weight excluding hydrogens is 270 g/mol. The average Bonchev–Trinajstić information content (AvgIpc) is 2.85. The van der Waals surface area contributed by atoms with Gasteiger partial charge in [0.15, 0.2) is 0 Å². The molecule has 2 aromatic rings. The zero-order valence-electron chi connectivity index (χ0n) is 11.8. The third-order valence-electron chi connectivity index (χ3n) is 4.19. The van der Waals surface area contributed by atoms with Crippen molar-refractivity contribution < 1.29 is 19.4 Å². The summed E-state index contributed by atoms with van der Waals surface area (Å²) in [5, 5.41) is 19.6. The van der Waals surface area contributed by atoms with Gasteiger partial charge in [-0.25, -0.2) is 4.79 Å². The summed E-state index contributed by atoms with van der Waals surface area (Å²) < 4.78 is 5.75. The number of carboxylic acids is 1. The van der Waals surface area contributed by atoms with Crippen LogP contribution in [0.5, 0.6) is 0 Å². The molecule has 0 radical (unpaired) electrons. The van der Waals surface area contributed by atoms with Crippen molar-refractivity contribution in [2.45, 2.75) is 31.8 Å². The molecule has 1 aliphatic rings. The first-order valence-electron chi connectivity index (χ1n) is 7.29. The van der Waals surface area contributed by atoms with Crippen molar-refractivity contribution in [3.8, 4) is 0 Å². The Balaban J connectivity index is 1.96. The maximum atomic E-state index is 11.6. The number of fused-ring (bicyclic) bond motifs is 1. The summed E-state index contributed by atoms with van der Waals surface area (Å²) in [5.74, 6) is -0.489. The van der Waals surface area contributed by atoms with Gasteiger partial charge in [-0.2, -0.15) is 0 Å². The second-order valence-corrected chi connectivity index (χ2v) is 5.50. The van der Waals surface area contributed by atoms with E-state index in [0.29, 0.717) is 23.3 Å². The Bertz CT molecular complexity index is 649. The zero-order chi connectivity index (χ0) is 14.8. The lowest BCUT2D eigenvalue weighted by Crippen LogP contribution is -2.41. The Hall–Kier alpha value is -1.85. The van der Waals surface area contributed by atoms with Gasteiger partial charge in [0.25, 0.3) is 0 Å². The fourth-order valence-corrected chi connectivity index (χ4v) is 3.10. The summed E-state index contributed by atoms with van der Waals surface area (Å²) >= 11 is 0. The lowest BCUT2D eigenvalue weighted by molar-refractivity contribution is 0.0675. The standard InChI is InChI=1S/C16H19NO4/c18-10-11-5-3-4-8-17(11)9-14-15(16(19)20)12-6-1-2-7-13(12)21-14/h1-2,6-7,11,18H,3-5,8-10H2,(H,19,20). The molecule has 2 N–H and O–H groups in total. The molecule has 1 saturated heterocycles. The first-order valence-corrected chi connectivity index (χ1v) is 7.29. The van der Waals surface area contributed by atoms with Crippen LogP contribution in [0.25, 0.3) is 11.0 Å². The van der Waals surface area contributed by atoms with Gasteiger partial charge in [0.2, 0.25) is 0 Å². The van der Waals surface area contributed by atoms with Crippen molar-refractivity contribution >= 4 is 16.9 Å². The SMILES string of the molecule is O=C(O)c1c(CN2CCCCC2CO)oc2ccccc12. The largest absolute Gasteiger partial charge is 0.478 e. The second kappa shape index (κ2) is 5.87. The van der Waals surface area contributed by atoms with Gasteiger partial charge in [-0.3, -0.25) is 4.90 Å². The molecule has 0 aliphatic carbocycles. The molecule has 5 heteroatoms. The van der Waals surface area contributed by atoms with E-state index in [-0.39, 0.29) is 18.2 Å². The van der Waals surface area contributed by atoms with E-state index >= 15 is 0 Å². The van der Waals surface area contributed by atoms with E-state index < -0.39 is 5.97 Å². The number of hydrogen-bond donors (Lipinski definition) is 2. The monoisotopic (exact) mass is 289 g/mol. The van der Waals surface area contributed by atoms with Crippen LogP contribution >= 0.6 is 0 Å². The van der Waals surface area contributed by atoms with Gasteiger partial charge in [-0.05, 0) is 25.5 Å². The van der Waals surface area contributed by atoms with Gasteiger partial charge < -0.3 is 14.6 Å². The molecule has 1 aromatic heterocycles. The predicted molar refractivity (Wildman–Crippen MR) is 78.3 cm³/mol. The van der Waals surface area contributed by atoms with Crippen LogP contribution in [-0.2, 0) is 6.54 Å². The third-order valence-corrected chi connectivity index (χ3v) is 4.19. The summed E-state index contributed by atoms with van der Waals surface area (Å²) in [7, 11) is 0. The smallest absolute Gasteiger partial charge is 0.339 e. The molecule has 1 fully saturated rings. The van der Waals surface area contributed by atoms with Crippen molar-refractivity contribution in [2.75, 3.05) is 13.2 Å². The summed E-state index contributed by atoms with van der Waals surface area (Å²) in [6.45, 7) is 1.39. The van der Waals surface area contributed by atoms with Crippen molar-refractivity contribution in [3.63, 3.8) is 0 Å². The second-order valence-electron chi connectivity index (χ2n) is 5.50. The van der Waals surface area contributed by atoms with Gasteiger partial charge >= 0.3 is 5.97 Å². The number of para-hydroxylation sites is 1. The van der Waals surface area contributed by atoms with E-state index in [0.717, 1.165) is 25.8 Å². The van der Waals surface area contributed by atoms with E-state index in [4.69, 9.17) is 4.42 Å². The van der Waals surface area contributed by atoms with Crippen molar-refractivity contribution in [1.29, 1.82) is 0 Å². The summed E-state index contributed by atoms with van der Waals surface area (Å²) in [6.07, 6.45) is 3.12. The van der Waals surface area contributed by atoms with E-state index in [9.17, 15) is 15.0 Å². The maximum Gasteiger partial charge on any atom is 0.339 e. The molecule has 1 unspecified atom stereocenters. The highest BCUT2D eigenvalue weighted by molar-refractivity contribution is 6.03. The van der Waals surface area contributed by atoms with Gasteiger partial charge in [0, 0.05) is 11.4 Å². The van der Waals surface area contributed by atoms with Crippen LogP contribution in [0.15, 0.2) is 28.7 Å². The maximum absolute atomic E-state index is 11.6. The fourth-order valence-electron chi connectivity index (χ4n) is 3.10. The van der Waals surface area contributed by atoms with E-state index in [1.165, 1.54) is 0 Å². The Morgan fingerprint density at radius 3 is 2.90 bits per heavy atom. The molecule has 0 bridgehead atoms. The lowest BCUT2D eigenvalue weighted by atomic mass is 10.0. The number of aliphatic hydroxyl groups excluding tert-OH is 1. The van der Waals surface area contributed by atoms with Crippen molar-refractivity contribution in [3.05, 3.63) is 35.6 Å². The molecule has 112 valence electrons. The van der Waals surface area contributed by atoms with E-state index in [1.807, 2.05) is 12.1 Å². The average molecular weight is 289 g/mol. The van der Waals surface area contributed by atoms with Gasteiger partial charge in [-0.1, -0.05) is 24.6 Å². The van der Waals surface area contributed by atoms with Gasteiger partial charge in [0.1, 0.15) is 16.9 Å². The predicted octanol–water partition coefficient (Wildman–Crippen LogP) is 2.48. The number of aromatic carboxylic acids is 1. The van der Waals surface area contributed by atoms with Crippen LogP contribution in [0.3, 0.4) is 0 Å². The Morgan fingerprint density at radius 2 is 2.14 bits per heavy atom. The molecule has 0 amide bonds. The molecule has 0 saturated carbocycles. The summed E-state index contributed by atoms with van der Waals surface area (Å²) in [6, 6.07) is 7.29. The van der Waals surface area contributed by atoms with Crippen LogP contribution in [0.4, 0.5) is 0 Å². The number of carboxylic acid groups (broad SMARTS) is 1. The minimum absolute atomic E-state index is 0.0913. The van der Waals surface area contributed by atoms with Crippen LogP contribution in [0, 0.1) is 0 Å². The minimum Gasteiger partial charge on any atom is -0.478 e. The molecule has 1 atom stereocenters. The lowest BCUT2D eigenvalue weighted by Gasteiger charge is -2.33. The topological polar surface area (TPSA) is 73.9 Å². The van der Waals surface area contributed by atoms with Crippen molar-refractivity contribution in [1.82, 2.24) is 4.90 Å². The normalized spacial score (nSPS) is 20.0. The van der Waals surface area contributed by atoms with Crippen LogP contribution < -0.4 is 0 Å². The molecule has 2 heterocycles.